The molecule has 0 spiro atoms. The largest absolute Gasteiger partial charge is 0.354 e. The second kappa shape index (κ2) is 6.54. The van der Waals surface area contributed by atoms with Crippen molar-refractivity contribution in [2.24, 2.45) is 0 Å². The molecule has 0 aliphatic rings. The summed E-state index contributed by atoms with van der Waals surface area (Å²) in [7, 11) is 0. The van der Waals surface area contributed by atoms with Crippen LogP contribution in [0.4, 0.5) is 17.6 Å². The van der Waals surface area contributed by atoms with Crippen LogP contribution in [0.15, 0.2) is 24.3 Å². The van der Waals surface area contributed by atoms with Gasteiger partial charge in [0.25, 0.3) is 0 Å². The van der Waals surface area contributed by atoms with Crippen molar-refractivity contribution in [3.8, 4) is 0 Å². The highest BCUT2D eigenvalue weighted by molar-refractivity contribution is 6.33. The highest BCUT2D eigenvalue weighted by Crippen LogP contribution is 2.23. The Bertz CT molecular complexity index is 562. The summed E-state index contributed by atoms with van der Waals surface area (Å²) in [6.45, 7) is 2.82. The topological polar surface area (TPSA) is 62.7 Å². The van der Waals surface area contributed by atoms with E-state index in [4.69, 9.17) is 23.2 Å². The second-order valence-corrected chi connectivity index (χ2v) is 4.53. The summed E-state index contributed by atoms with van der Waals surface area (Å²) in [5.41, 5.74) is 0.716. The fourth-order valence-corrected chi connectivity index (χ4v) is 1.75. The molecule has 19 heavy (non-hydrogen) atoms. The minimum atomic E-state index is 0.128. The summed E-state index contributed by atoms with van der Waals surface area (Å²) in [6.07, 6.45) is 0.969. The molecule has 0 atom stereocenters. The van der Waals surface area contributed by atoms with Gasteiger partial charge >= 0.3 is 0 Å². The Balaban J connectivity index is 2.20. The average Bonchev–Trinajstić information content (AvgIpc) is 2.38. The van der Waals surface area contributed by atoms with Gasteiger partial charge in [0.05, 0.1) is 10.7 Å². The summed E-state index contributed by atoms with van der Waals surface area (Å²) in [4.78, 5) is 12.2. The number of nitrogens with one attached hydrogen (secondary N) is 2. The number of aromatic nitrogens is 3. The van der Waals surface area contributed by atoms with Crippen molar-refractivity contribution in [3.63, 3.8) is 0 Å². The normalized spacial score (nSPS) is 10.3. The molecule has 0 bridgehead atoms. The number of para-hydroxylation sites is 1. The zero-order valence-corrected chi connectivity index (χ0v) is 11.8. The Hall–Kier alpha value is -1.59. The highest BCUT2D eigenvalue weighted by atomic mass is 35.5. The van der Waals surface area contributed by atoms with Crippen LogP contribution < -0.4 is 10.6 Å². The van der Waals surface area contributed by atoms with E-state index in [1.807, 2.05) is 18.2 Å². The average molecular weight is 298 g/mol. The predicted molar refractivity (Wildman–Crippen MR) is 78.4 cm³/mol. The number of hydrogen-bond acceptors (Lipinski definition) is 5. The van der Waals surface area contributed by atoms with Crippen LogP contribution in [0.5, 0.6) is 0 Å². The number of anilines is 3. The summed E-state index contributed by atoms with van der Waals surface area (Å²) >= 11 is 11.9. The number of benzene rings is 1. The molecule has 0 aliphatic heterocycles. The van der Waals surface area contributed by atoms with Crippen molar-refractivity contribution in [1.29, 1.82) is 0 Å². The molecule has 0 radical (unpaired) electrons. The zero-order chi connectivity index (χ0) is 13.7. The first kappa shape index (κ1) is 13.8. The maximum Gasteiger partial charge on any atom is 0.233 e. The maximum atomic E-state index is 6.06. The Labute approximate surface area is 121 Å². The van der Waals surface area contributed by atoms with Crippen molar-refractivity contribution < 1.29 is 0 Å². The fourth-order valence-electron chi connectivity index (χ4n) is 1.40. The van der Waals surface area contributed by atoms with E-state index in [9.17, 15) is 0 Å². The molecule has 0 unspecified atom stereocenters. The van der Waals surface area contributed by atoms with E-state index < -0.39 is 0 Å². The number of halogens is 2. The van der Waals surface area contributed by atoms with Gasteiger partial charge in [-0.15, -0.1) is 0 Å². The highest BCUT2D eigenvalue weighted by Gasteiger charge is 2.06. The zero-order valence-electron chi connectivity index (χ0n) is 10.3. The summed E-state index contributed by atoms with van der Waals surface area (Å²) in [6, 6.07) is 7.33. The molecule has 5 nitrogen and oxygen atoms in total. The van der Waals surface area contributed by atoms with Gasteiger partial charge in [-0.3, -0.25) is 0 Å². The molecule has 0 amide bonds. The lowest BCUT2D eigenvalue weighted by atomic mass is 10.3. The molecule has 2 rings (SSSR count). The first-order valence-electron chi connectivity index (χ1n) is 5.86. The van der Waals surface area contributed by atoms with Crippen molar-refractivity contribution in [2.75, 3.05) is 17.2 Å². The minimum absolute atomic E-state index is 0.128. The molecular weight excluding hydrogens is 285 g/mol. The minimum Gasteiger partial charge on any atom is -0.354 e. The van der Waals surface area contributed by atoms with Gasteiger partial charge in [0, 0.05) is 6.54 Å². The smallest absolute Gasteiger partial charge is 0.233 e. The van der Waals surface area contributed by atoms with Crippen LogP contribution in [-0.4, -0.2) is 21.5 Å². The van der Waals surface area contributed by atoms with Crippen LogP contribution in [-0.2, 0) is 0 Å². The van der Waals surface area contributed by atoms with E-state index in [0.717, 1.165) is 13.0 Å². The van der Waals surface area contributed by atoms with Crippen LogP contribution in [0.1, 0.15) is 13.3 Å². The molecule has 2 aromatic rings. The lowest BCUT2D eigenvalue weighted by Gasteiger charge is -2.08. The van der Waals surface area contributed by atoms with Crippen LogP contribution in [0.3, 0.4) is 0 Å². The van der Waals surface area contributed by atoms with Crippen LogP contribution >= 0.6 is 23.2 Å². The Morgan fingerprint density at radius 2 is 1.79 bits per heavy atom. The quantitative estimate of drug-likeness (QED) is 0.880. The van der Waals surface area contributed by atoms with Crippen LogP contribution in [0.25, 0.3) is 0 Å². The van der Waals surface area contributed by atoms with Crippen molar-refractivity contribution in [2.45, 2.75) is 13.3 Å². The Kier molecular flexibility index (Phi) is 4.76. The standard InChI is InChI=1S/C12H13Cl2N5/c1-2-7-15-11-17-10(14)18-12(19-11)16-9-6-4-3-5-8(9)13/h3-6H,2,7H2,1H3,(H2,15,16,17,18,19). The lowest BCUT2D eigenvalue weighted by molar-refractivity contribution is 0.940. The predicted octanol–water partition coefficient (Wildman–Crippen LogP) is 3.74. The van der Waals surface area contributed by atoms with Gasteiger partial charge in [-0.25, -0.2) is 0 Å². The van der Waals surface area contributed by atoms with Crippen molar-refractivity contribution in [1.82, 2.24) is 15.0 Å². The molecule has 0 aliphatic carbocycles. The third-order valence-electron chi connectivity index (χ3n) is 2.26. The van der Waals surface area contributed by atoms with E-state index in [0.29, 0.717) is 22.6 Å². The van der Waals surface area contributed by atoms with Crippen LogP contribution in [0, 0.1) is 0 Å². The van der Waals surface area contributed by atoms with Crippen LogP contribution in [0.2, 0.25) is 10.3 Å². The van der Waals surface area contributed by atoms with E-state index in [1.54, 1.807) is 6.07 Å². The molecule has 0 saturated carbocycles. The Morgan fingerprint density at radius 1 is 1.05 bits per heavy atom. The van der Waals surface area contributed by atoms with E-state index >= 15 is 0 Å². The SMILES string of the molecule is CCCNc1nc(Cl)nc(Nc2ccccc2Cl)n1. The van der Waals surface area contributed by atoms with Gasteiger partial charge in [-0.05, 0) is 30.2 Å². The number of hydrogen-bond donors (Lipinski definition) is 2. The molecular formula is C12H13Cl2N5. The fraction of sp³-hybridized carbons (Fsp3) is 0.250. The van der Waals surface area contributed by atoms with Crippen molar-refractivity contribution in [3.05, 3.63) is 34.6 Å². The van der Waals surface area contributed by atoms with E-state index in [2.05, 4.69) is 32.5 Å². The monoisotopic (exact) mass is 297 g/mol. The summed E-state index contributed by atoms with van der Waals surface area (Å²) in [5.74, 6) is 0.795. The van der Waals surface area contributed by atoms with E-state index in [1.165, 1.54) is 0 Å². The molecule has 2 N–H and O–H groups in total. The van der Waals surface area contributed by atoms with Gasteiger partial charge in [0.2, 0.25) is 17.2 Å². The van der Waals surface area contributed by atoms with Gasteiger partial charge in [0.15, 0.2) is 0 Å². The molecule has 1 aromatic heterocycles. The maximum absolute atomic E-state index is 6.06. The summed E-state index contributed by atoms with van der Waals surface area (Å²) < 4.78 is 0. The molecule has 0 saturated heterocycles. The van der Waals surface area contributed by atoms with Gasteiger partial charge in [-0.1, -0.05) is 30.7 Å². The third kappa shape index (κ3) is 3.94. The molecule has 1 aromatic carbocycles. The van der Waals surface area contributed by atoms with E-state index in [-0.39, 0.29) is 5.28 Å². The first-order chi connectivity index (χ1) is 9.19. The molecule has 0 fully saturated rings. The first-order valence-corrected chi connectivity index (χ1v) is 6.61. The molecule has 100 valence electrons. The molecule has 7 heteroatoms. The second-order valence-electron chi connectivity index (χ2n) is 3.78. The Morgan fingerprint density at radius 3 is 2.53 bits per heavy atom. The van der Waals surface area contributed by atoms with Crippen molar-refractivity contribution >= 4 is 40.8 Å². The summed E-state index contributed by atoms with van der Waals surface area (Å²) in [5, 5.41) is 6.78. The van der Waals surface area contributed by atoms with Gasteiger partial charge < -0.3 is 10.6 Å². The van der Waals surface area contributed by atoms with Gasteiger partial charge in [-0.2, -0.15) is 15.0 Å². The number of nitrogens with zero attached hydrogens (tertiary/aromatic N) is 3. The third-order valence-corrected chi connectivity index (χ3v) is 2.76. The van der Waals surface area contributed by atoms with Gasteiger partial charge in [0.1, 0.15) is 0 Å². The lowest BCUT2D eigenvalue weighted by Crippen LogP contribution is -2.07. The molecule has 1 heterocycles. The number of rotatable bonds is 5.